The van der Waals surface area contributed by atoms with Crippen LogP contribution in [-0.4, -0.2) is 10.8 Å². The molecule has 0 aliphatic heterocycles. The molecule has 1 aliphatic carbocycles. The van der Waals surface area contributed by atoms with Gasteiger partial charge in [-0.25, -0.2) is 0 Å². The first kappa shape index (κ1) is 20.0. The van der Waals surface area contributed by atoms with Crippen molar-refractivity contribution >= 4 is 11.4 Å². The summed E-state index contributed by atoms with van der Waals surface area (Å²) in [6, 6.07) is 12.3. The van der Waals surface area contributed by atoms with Crippen LogP contribution in [0.1, 0.15) is 69.2 Å². The Morgan fingerprint density at radius 3 is 2.54 bits per heavy atom. The van der Waals surface area contributed by atoms with E-state index in [-0.39, 0.29) is 11.4 Å². The third kappa shape index (κ3) is 3.92. The van der Waals surface area contributed by atoms with Gasteiger partial charge in [0.1, 0.15) is 11.6 Å². The van der Waals surface area contributed by atoms with E-state index in [1.165, 1.54) is 12.8 Å². The molecule has 1 aromatic carbocycles. The lowest BCUT2D eigenvalue weighted by Gasteiger charge is -2.14. The summed E-state index contributed by atoms with van der Waals surface area (Å²) in [5.74, 6) is 0.511. The van der Waals surface area contributed by atoms with Crippen LogP contribution in [0.3, 0.4) is 0 Å². The largest absolute Gasteiger partial charge is 0.293 e. The zero-order chi connectivity index (χ0) is 20.1. The van der Waals surface area contributed by atoms with Gasteiger partial charge in [0.2, 0.25) is 0 Å². The third-order valence-corrected chi connectivity index (χ3v) is 5.76. The molecule has 28 heavy (non-hydrogen) atoms. The summed E-state index contributed by atoms with van der Waals surface area (Å²) in [5.41, 5.74) is 5.97. The molecular formula is C25H28N2O. The van der Waals surface area contributed by atoms with E-state index in [0.717, 1.165) is 52.8 Å². The van der Waals surface area contributed by atoms with Crippen molar-refractivity contribution in [2.45, 2.75) is 59.3 Å². The first-order valence-electron chi connectivity index (χ1n) is 10.3. The maximum atomic E-state index is 13.0. The fourth-order valence-electron chi connectivity index (χ4n) is 4.10. The molecule has 0 radical (unpaired) electrons. The van der Waals surface area contributed by atoms with Gasteiger partial charge < -0.3 is 0 Å². The second kappa shape index (κ2) is 8.97. The fraction of sp³-hybridized carbons (Fsp3) is 0.400. The van der Waals surface area contributed by atoms with Gasteiger partial charge >= 0.3 is 0 Å². The van der Waals surface area contributed by atoms with Crippen LogP contribution in [0.4, 0.5) is 0 Å². The monoisotopic (exact) mass is 372 g/mol. The lowest BCUT2D eigenvalue weighted by molar-refractivity contribution is -0.115. The molecule has 0 N–H and O–H groups in total. The number of Topliss-reactive ketones (excluding diaryl/α,β-unsaturated/α-hetero) is 1. The van der Waals surface area contributed by atoms with Crippen LogP contribution in [0.2, 0.25) is 0 Å². The number of nitrogens with zero attached hydrogens (tertiary/aromatic N) is 2. The van der Waals surface area contributed by atoms with Crippen molar-refractivity contribution in [1.29, 1.82) is 5.26 Å². The normalized spacial score (nSPS) is 14.8. The number of benzene rings is 1. The minimum Gasteiger partial charge on any atom is -0.293 e. The fourth-order valence-corrected chi connectivity index (χ4v) is 4.10. The van der Waals surface area contributed by atoms with Gasteiger partial charge in [0.15, 0.2) is 5.78 Å². The van der Waals surface area contributed by atoms with Crippen molar-refractivity contribution in [1.82, 2.24) is 4.98 Å². The molecule has 3 heteroatoms. The molecule has 1 unspecified atom stereocenters. The van der Waals surface area contributed by atoms with Crippen LogP contribution in [0.15, 0.2) is 42.1 Å². The molecular weight excluding hydrogens is 344 g/mol. The standard InChI is InChI=1S/C25H28N2O/c1-4-6-9-18(5-2)12-13-24(28)22(15-26)25-20-11-8-7-10-19(20)21-14-17(3)27-16-23(21)25/h7-8,10-11,14,16,18H,4-6,9,12-13H2,1-3H3/b25-22-. The molecule has 0 bridgehead atoms. The van der Waals surface area contributed by atoms with E-state index in [4.69, 9.17) is 0 Å². The Bertz CT molecular complexity index is 949. The zero-order valence-corrected chi connectivity index (χ0v) is 17.1. The highest BCUT2D eigenvalue weighted by Gasteiger charge is 2.29. The van der Waals surface area contributed by atoms with E-state index in [0.29, 0.717) is 12.3 Å². The predicted octanol–water partition coefficient (Wildman–Crippen LogP) is 6.26. The number of carbonyl (C=O) groups excluding carboxylic acids is 1. The molecule has 3 rings (SSSR count). The van der Waals surface area contributed by atoms with E-state index < -0.39 is 0 Å². The second-order valence-corrected chi connectivity index (χ2v) is 7.66. The number of ketones is 1. The van der Waals surface area contributed by atoms with E-state index in [9.17, 15) is 10.1 Å². The topological polar surface area (TPSA) is 53.8 Å². The number of aromatic nitrogens is 1. The van der Waals surface area contributed by atoms with Gasteiger partial charge in [-0.2, -0.15) is 5.26 Å². The van der Waals surface area contributed by atoms with Crippen LogP contribution < -0.4 is 0 Å². The number of unbranched alkanes of at least 4 members (excludes halogenated alkanes) is 1. The van der Waals surface area contributed by atoms with E-state index in [1.807, 2.05) is 31.2 Å². The number of pyridine rings is 1. The molecule has 0 fully saturated rings. The maximum absolute atomic E-state index is 13.0. The summed E-state index contributed by atoms with van der Waals surface area (Å²) in [7, 11) is 0. The average Bonchev–Trinajstić information content (AvgIpc) is 3.03. The SMILES string of the molecule is CCCCC(CC)CCC(=O)/C(C#N)=C1/c2ccccc2-c2cc(C)ncc21. The Balaban J connectivity index is 1.96. The number of aryl methyl sites for hydroxylation is 1. The van der Waals surface area contributed by atoms with Crippen molar-refractivity contribution in [2.75, 3.05) is 0 Å². The highest BCUT2D eigenvalue weighted by atomic mass is 16.1. The summed E-state index contributed by atoms with van der Waals surface area (Å²) >= 11 is 0. The Kier molecular flexibility index (Phi) is 6.41. The maximum Gasteiger partial charge on any atom is 0.174 e. The number of rotatable bonds is 8. The lowest BCUT2D eigenvalue weighted by atomic mass is 9.90. The van der Waals surface area contributed by atoms with Gasteiger partial charge in [-0.15, -0.1) is 0 Å². The highest BCUT2D eigenvalue weighted by molar-refractivity contribution is 6.14. The van der Waals surface area contributed by atoms with Crippen LogP contribution in [0, 0.1) is 24.2 Å². The molecule has 1 aliphatic rings. The quantitative estimate of drug-likeness (QED) is 0.346. The molecule has 0 amide bonds. The molecule has 0 spiro atoms. The number of carbonyl (C=O) groups is 1. The Morgan fingerprint density at radius 1 is 1.11 bits per heavy atom. The summed E-state index contributed by atoms with van der Waals surface area (Å²) in [6.07, 6.45) is 7.72. The molecule has 1 atom stereocenters. The van der Waals surface area contributed by atoms with Gasteiger partial charge in [0.25, 0.3) is 0 Å². The van der Waals surface area contributed by atoms with Crippen molar-refractivity contribution in [3.05, 3.63) is 58.9 Å². The molecule has 1 heterocycles. The second-order valence-electron chi connectivity index (χ2n) is 7.66. The third-order valence-electron chi connectivity index (χ3n) is 5.76. The van der Waals surface area contributed by atoms with Crippen molar-refractivity contribution < 1.29 is 4.79 Å². The number of nitriles is 1. The van der Waals surface area contributed by atoms with E-state index >= 15 is 0 Å². The molecule has 144 valence electrons. The summed E-state index contributed by atoms with van der Waals surface area (Å²) < 4.78 is 0. The van der Waals surface area contributed by atoms with Crippen molar-refractivity contribution in [3.63, 3.8) is 0 Å². The van der Waals surface area contributed by atoms with Crippen LogP contribution in [-0.2, 0) is 4.79 Å². The van der Waals surface area contributed by atoms with Crippen LogP contribution >= 0.6 is 0 Å². The van der Waals surface area contributed by atoms with Gasteiger partial charge in [-0.05, 0) is 42.0 Å². The number of hydrogen-bond acceptors (Lipinski definition) is 3. The molecule has 2 aromatic rings. The average molecular weight is 373 g/mol. The van der Waals surface area contributed by atoms with Crippen molar-refractivity contribution in [2.24, 2.45) is 5.92 Å². The van der Waals surface area contributed by atoms with Gasteiger partial charge in [-0.1, -0.05) is 63.8 Å². The number of fused-ring (bicyclic) bond motifs is 3. The summed E-state index contributed by atoms with van der Waals surface area (Å²) in [5, 5.41) is 9.88. The van der Waals surface area contributed by atoms with Crippen molar-refractivity contribution in [3.8, 4) is 17.2 Å². The Hall–Kier alpha value is -2.73. The van der Waals surface area contributed by atoms with Gasteiger partial charge in [0, 0.05) is 29.4 Å². The molecule has 3 nitrogen and oxygen atoms in total. The van der Waals surface area contributed by atoms with E-state index in [1.54, 1.807) is 6.20 Å². The lowest BCUT2D eigenvalue weighted by Crippen LogP contribution is -2.08. The number of allylic oxidation sites excluding steroid dienone is 1. The predicted molar refractivity (Wildman–Crippen MR) is 114 cm³/mol. The Morgan fingerprint density at radius 2 is 1.86 bits per heavy atom. The minimum atomic E-state index is -0.0457. The summed E-state index contributed by atoms with van der Waals surface area (Å²) in [4.78, 5) is 17.5. The first-order chi connectivity index (χ1) is 13.6. The van der Waals surface area contributed by atoms with Crippen LogP contribution in [0.25, 0.3) is 16.7 Å². The Labute approximate surface area is 168 Å². The van der Waals surface area contributed by atoms with Crippen LogP contribution in [0.5, 0.6) is 0 Å². The highest BCUT2D eigenvalue weighted by Crippen LogP contribution is 2.45. The van der Waals surface area contributed by atoms with E-state index in [2.05, 4.69) is 31.0 Å². The molecule has 0 saturated heterocycles. The molecule has 0 saturated carbocycles. The number of hydrogen-bond donors (Lipinski definition) is 0. The van der Waals surface area contributed by atoms with Gasteiger partial charge in [-0.3, -0.25) is 9.78 Å². The van der Waals surface area contributed by atoms with Gasteiger partial charge in [0.05, 0.1) is 0 Å². The zero-order valence-electron chi connectivity index (χ0n) is 17.1. The smallest absolute Gasteiger partial charge is 0.174 e. The first-order valence-corrected chi connectivity index (χ1v) is 10.3. The minimum absolute atomic E-state index is 0.0457. The molecule has 1 aromatic heterocycles. The summed E-state index contributed by atoms with van der Waals surface area (Å²) in [6.45, 7) is 6.34.